The van der Waals surface area contributed by atoms with Crippen molar-refractivity contribution in [1.29, 1.82) is 0 Å². The molecule has 0 fully saturated rings. The molecule has 0 aliphatic heterocycles. The number of nitrogens with zero attached hydrogens (tertiary/aromatic N) is 1. The Labute approximate surface area is 150 Å². The number of nitrogens with one attached hydrogen (secondary N) is 2. The number of hydrogen-bond acceptors (Lipinski definition) is 4. The second kappa shape index (κ2) is 9.44. The molecule has 2 rings (SSSR count). The molecule has 0 aromatic heterocycles. The minimum Gasteiger partial charge on any atom is -0.488 e. The van der Waals surface area contributed by atoms with E-state index < -0.39 is 11.8 Å². The fraction of sp³-hybridized carbons (Fsp3) is 0.167. The summed E-state index contributed by atoms with van der Waals surface area (Å²) >= 11 is 5.86. The predicted molar refractivity (Wildman–Crippen MR) is 96.6 cm³/mol. The van der Waals surface area contributed by atoms with Gasteiger partial charge in [0.1, 0.15) is 12.4 Å². The van der Waals surface area contributed by atoms with Crippen LogP contribution in [0.15, 0.2) is 53.6 Å². The molecule has 130 valence electrons. The molecular formula is C18H18ClN3O3. The number of hydrazone groups is 1. The first-order valence-corrected chi connectivity index (χ1v) is 8.05. The second-order valence-corrected chi connectivity index (χ2v) is 5.45. The fourth-order valence-corrected chi connectivity index (χ4v) is 2.04. The van der Waals surface area contributed by atoms with Gasteiger partial charge in [-0.25, -0.2) is 5.43 Å². The van der Waals surface area contributed by atoms with Gasteiger partial charge in [-0.3, -0.25) is 9.59 Å². The van der Waals surface area contributed by atoms with E-state index in [1.807, 2.05) is 24.3 Å². The van der Waals surface area contributed by atoms with Crippen LogP contribution in [-0.2, 0) is 16.2 Å². The highest BCUT2D eigenvalue weighted by molar-refractivity contribution is 6.35. The molecule has 0 radical (unpaired) electrons. The minimum absolute atomic E-state index is 0.368. The second-order valence-electron chi connectivity index (χ2n) is 5.01. The van der Waals surface area contributed by atoms with Crippen molar-refractivity contribution in [3.8, 4) is 5.75 Å². The van der Waals surface area contributed by atoms with E-state index in [4.69, 9.17) is 16.3 Å². The molecule has 0 heterocycles. The van der Waals surface area contributed by atoms with E-state index >= 15 is 0 Å². The summed E-state index contributed by atoms with van der Waals surface area (Å²) in [6.07, 6.45) is 1.42. The van der Waals surface area contributed by atoms with Gasteiger partial charge in [0, 0.05) is 17.1 Å². The molecule has 0 atom stereocenters. The van der Waals surface area contributed by atoms with Crippen LogP contribution in [-0.4, -0.2) is 24.6 Å². The number of likely N-dealkylation sites (N-methyl/N-ethyl adjacent to an activating group) is 1. The van der Waals surface area contributed by atoms with Crippen molar-refractivity contribution < 1.29 is 14.3 Å². The number of carbonyl (C=O) groups is 2. The van der Waals surface area contributed by atoms with Gasteiger partial charge in [-0.05, 0) is 36.8 Å². The number of hydrogen-bond donors (Lipinski definition) is 2. The molecule has 7 heteroatoms. The molecule has 2 amide bonds. The normalized spacial score (nSPS) is 10.5. The van der Waals surface area contributed by atoms with Crippen LogP contribution in [0.1, 0.15) is 18.1 Å². The molecule has 2 aromatic carbocycles. The van der Waals surface area contributed by atoms with E-state index in [-0.39, 0.29) is 0 Å². The molecule has 6 nitrogen and oxygen atoms in total. The Morgan fingerprint density at radius 1 is 1.12 bits per heavy atom. The van der Waals surface area contributed by atoms with E-state index in [0.717, 1.165) is 5.56 Å². The zero-order valence-corrected chi connectivity index (χ0v) is 14.4. The van der Waals surface area contributed by atoms with Crippen LogP contribution in [0.5, 0.6) is 5.75 Å². The lowest BCUT2D eigenvalue weighted by atomic mass is 10.2. The standard InChI is InChI=1S/C18H18ClN3O3/c1-2-20-17(23)18(24)22-21-11-14-5-3-4-6-16(14)25-12-13-7-9-15(19)10-8-13/h3-11H,2,12H2,1H3,(H,20,23)(H,22,24)/b21-11-. The number of para-hydroxylation sites is 1. The van der Waals surface area contributed by atoms with Gasteiger partial charge >= 0.3 is 11.8 Å². The van der Waals surface area contributed by atoms with Gasteiger partial charge in [-0.1, -0.05) is 35.9 Å². The molecule has 0 aliphatic carbocycles. The summed E-state index contributed by atoms with van der Waals surface area (Å²) in [5.41, 5.74) is 3.82. The summed E-state index contributed by atoms with van der Waals surface area (Å²) in [6.45, 7) is 2.47. The quantitative estimate of drug-likeness (QED) is 0.472. The average molecular weight is 360 g/mol. The van der Waals surface area contributed by atoms with Gasteiger partial charge in [0.2, 0.25) is 0 Å². The van der Waals surface area contributed by atoms with E-state index in [1.54, 1.807) is 31.2 Å². The van der Waals surface area contributed by atoms with E-state index in [1.165, 1.54) is 6.21 Å². The average Bonchev–Trinajstić information content (AvgIpc) is 2.62. The Bertz CT molecular complexity index is 760. The summed E-state index contributed by atoms with van der Waals surface area (Å²) in [5.74, 6) is -0.946. The smallest absolute Gasteiger partial charge is 0.329 e. The summed E-state index contributed by atoms with van der Waals surface area (Å²) in [4.78, 5) is 22.8. The van der Waals surface area contributed by atoms with Crippen LogP contribution in [0, 0.1) is 0 Å². The first-order valence-electron chi connectivity index (χ1n) is 7.67. The summed E-state index contributed by atoms with van der Waals surface area (Å²) in [6, 6.07) is 14.6. The molecule has 2 N–H and O–H groups in total. The highest BCUT2D eigenvalue weighted by atomic mass is 35.5. The van der Waals surface area contributed by atoms with Crippen molar-refractivity contribution in [1.82, 2.24) is 10.7 Å². The van der Waals surface area contributed by atoms with E-state index in [0.29, 0.717) is 29.5 Å². The minimum atomic E-state index is -0.822. The van der Waals surface area contributed by atoms with Gasteiger partial charge in [0.05, 0.1) is 6.21 Å². The molecule has 0 saturated heterocycles. The largest absolute Gasteiger partial charge is 0.488 e. The lowest BCUT2D eigenvalue weighted by Gasteiger charge is -2.09. The zero-order chi connectivity index (χ0) is 18.1. The van der Waals surface area contributed by atoms with Gasteiger partial charge in [0.25, 0.3) is 0 Å². The monoisotopic (exact) mass is 359 g/mol. The third-order valence-corrected chi connectivity index (χ3v) is 3.39. The number of benzene rings is 2. The maximum absolute atomic E-state index is 11.5. The van der Waals surface area contributed by atoms with Crippen LogP contribution in [0.25, 0.3) is 0 Å². The summed E-state index contributed by atoms with van der Waals surface area (Å²) in [7, 11) is 0. The molecule has 0 bridgehead atoms. The van der Waals surface area contributed by atoms with E-state index in [9.17, 15) is 9.59 Å². The Hall–Kier alpha value is -2.86. The molecule has 0 aliphatic rings. The van der Waals surface area contributed by atoms with Crippen LogP contribution >= 0.6 is 11.6 Å². The number of amides is 2. The molecule has 0 spiro atoms. The molecule has 0 saturated carbocycles. The van der Waals surface area contributed by atoms with Crippen LogP contribution in [0.2, 0.25) is 5.02 Å². The third kappa shape index (κ3) is 5.93. The van der Waals surface area contributed by atoms with E-state index in [2.05, 4.69) is 15.8 Å². The number of halogens is 1. The van der Waals surface area contributed by atoms with Crippen molar-refractivity contribution >= 4 is 29.6 Å². The first-order chi connectivity index (χ1) is 12.1. The third-order valence-electron chi connectivity index (χ3n) is 3.14. The van der Waals surface area contributed by atoms with Crippen LogP contribution in [0.4, 0.5) is 0 Å². The molecule has 25 heavy (non-hydrogen) atoms. The van der Waals surface area contributed by atoms with Gasteiger partial charge in [-0.15, -0.1) is 0 Å². The Morgan fingerprint density at radius 3 is 2.56 bits per heavy atom. The predicted octanol–water partition coefficient (Wildman–Crippen LogP) is 2.51. The summed E-state index contributed by atoms with van der Waals surface area (Å²) < 4.78 is 5.78. The molecule has 0 unspecified atom stereocenters. The first kappa shape index (κ1) is 18.5. The van der Waals surface area contributed by atoms with Crippen molar-refractivity contribution in [2.75, 3.05) is 6.54 Å². The maximum atomic E-state index is 11.5. The highest BCUT2D eigenvalue weighted by Crippen LogP contribution is 2.18. The lowest BCUT2D eigenvalue weighted by molar-refractivity contribution is -0.139. The van der Waals surface area contributed by atoms with Crippen molar-refractivity contribution in [2.45, 2.75) is 13.5 Å². The maximum Gasteiger partial charge on any atom is 0.329 e. The van der Waals surface area contributed by atoms with Crippen molar-refractivity contribution in [3.63, 3.8) is 0 Å². The van der Waals surface area contributed by atoms with Gasteiger partial charge in [0.15, 0.2) is 0 Å². The number of ether oxygens (including phenoxy) is 1. The fourth-order valence-electron chi connectivity index (χ4n) is 1.91. The highest BCUT2D eigenvalue weighted by Gasteiger charge is 2.10. The molecule has 2 aromatic rings. The Morgan fingerprint density at radius 2 is 1.84 bits per heavy atom. The number of carbonyl (C=O) groups excluding carboxylic acids is 2. The van der Waals surface area contributed by atoms with Crippen LogP contribution < -0.4 is 15.5 Å². The molecular weight excluding hydrogens is 342 g/mol. The zero-order valence-electron chi connectivity index (χ0n) is 13.7. The number of rotatable bonds is 6. The topological polar surface area (TPSA) is 79.8 Å². The van der Waals surface area contributed by atoms with Gasteiger partial charge in [-0.2, -0.15) is 5.10 Å². The Balaban J connectivity index is 1.97. The lowest BCUT2D eigenvalue weighted by Crippen LogP contribution is -2.37. The Kier molecular flexibility index (Phi) is 6.98. The SMILES string of the molecule is CCNC(=O)C(=O)N/N=C\c1ccccc1OCc1ccc(Cl)cc1. The van der Waals surface area contributed by atoms with Gasteiger partial charge < -0.3 is 10.1 Å². The summed E-state index contributed by atoms with van der Waals surface area (Å²) in [5, 5.41) is 6.84. The van der Waals surface area contributed by atoms with Crippen molar-refractivity contribution in [3.05, 3.63) is 64.7 Å². The van der Waals surface area contributed by atoms with Crippen LogP contribution in [0.3, 0.4) is 0 Å². The van der Waals surface area contributed by atoms with Crippen molar-refractivity contribution in [2.24, 2.45) is 5.10 Å².